The Kier molecular flexibility index (Phi) is 11.1. The van der Waals surface area contributed by atoms with E-state index in [1.54, 1.807) is 17.0 Å². The van der Waals surface area contributed by atoms with E-state index in [1.807, 2.05) is 50.2 Å². The van der Waals surface area contributed by atoms with Crippen molar-refractivity contribution in [3.8, 4) is 5.75 Å². The maximum Gasteiger partial charge on any atom is 0.242 e. The number of carbonyl (C=O) groups excluding carboxylic acids is 2. The van der Waals surface area contributed by atoms with Crippen molar-refractivity contribution in [2.75, 3.05) is 13.2 Å². The number of rotatable bonds is 13. The molecule has 0 radical (unpaired) electrons. The first-order chi connectivity index (χ1) is 15.5. The Hall–Kier alpha value is -2.53. The summed E-state index contributed by atoms with van der Waals surface area (Å²) < 4.78 is 5.72. The van der Waals surface area contributed by atoms with Crippen molar-refractivity contribution in [3.05, 3.63) is 64.7 Å². The number of unbranched alkanes of at least 4 members (excludes halogenated alkanes) is 1. The van der Waals surface area contributed by atoms with Gasteiger partial charge in [0.1, 0.15) is 11.8 Å². The molecule has 0 fully saturated rings. The topological polar surface area (TPSA) is 58.6 Å². The number of carbonyl (C=O) groups is 2. The molecule has 0 aromatic heterocycles. The monoisotopic (exact) mass is 458 g/mol. The number of aryl methyl sites for hydroxylation is 1. The Morgan fingerprint density at radius 3 is 2.44 bits per heavy atom. The van der Waals surface area contributed by atoms with Crippen LogP contribution in [0.25, 0.3) is 0 Å². The fourth-order valence-corrected chi connectivity index (χ4v) is 3.61. The molecule has 2 rings (SSSR count). The first-order valence-electron chi connectivity index (χ1n) is 11.5. The number of benzene rings is 2. The fourth-order valence-electron chi connectivity index (χ4n) is 3.48. The van der Waals surface area contributed by atoms with Gasteiger partial charge in [-0.1, -0.05) is 56.1 Å². The second-order valence-electron chi connectivity index (χ2n) is 7.92. The summed E-state index contributed by atoms with van der Waals surface area (Å²) in [5, 5.41) is 3.65. The molecule has 5 nitrogen and oxygen atoms in total. The van der Waals surface area contributed by atoms with E-state index >= 15 is 0 Å². The lowest BCUT2D eigenvalue weighted by Gasteiger charge is -2.31. The third-order valence-corrected chi connectivity index (χ3v) is 5.69. The highest BCUT2D eigenvalue weighted by molar-refractivity contribution is 6.30. The van der Waals surface area contributed by atoms with Gasteiger partial charge in [-0.15, -0.1) is 0 Å². The molecule has 32 heavy (non-hydrogen) atoms. The molecule has 2 amide bonds. The normalized spacial score (nSPS) is 11.6. The van der Waals surface area contributed by atoms with Gasteiger partial charge in [-0.3, -0.25) is 9.59 Å². The molecule has 0 bridgehead atoms. The van der Waals surface area contributed by atoms with Crippen LogP contribution >= 0.6 is 11.6 Å². The van der Waals surface area contributed by atoms with Crippen LogP contribution in [0.2, 0.25) is 5.02 Å². The molecule has 2 aromatic rings. The smallest absolute Gasteiger partial charge is 0.242 e. The third-order valence-electron chi connectivity index (χ3n) is 5.43. The van der Waals surface area contributed by atoms with Gasteiger partial charge in [-0.05, 0) is 61.6 Å². The van der Waals surface area contributed by atoms with Crippen molar-refractivity contribution in [1.29, 1.82) is 0 Å². The van der Waals surface area contributed by atoms with Crippen LogP contribution < -0.4 is 10.1 Å². The molecular formula is C26H35ClN2O3. The third kappa shape index (κ3) is 8.19. The lowest BCUT2D eigenvalue weighted by atomic mass is 10.1. The quantitative estimate of drug-likeness (QED) is 0.401. The number of amides is 2. The van der Waals surface area contributed by atoms with Crippen LogP contribution in [-0.2, 0) is 16.1 Å². The average Bonchev–Trinajstić information content (AvgIpc) is 2.79. The van der Waals surface area contributed by atoms with Crippen LogP contribution in [0.1, 0.15) is 57.1 Å². The maximum absolute atomic E-state index is 13.2. The van der Waals surface area contributed by atoms with Gasteiger partial charge in [0.15, 0.2) is 0 Å². The Labute approximate surface area is 197 Å². The number of nitrogens with one attached hydrogen (secondary N) is 1. The van der Waals surface area contributed by atoms with Crippen LogP contribution in [0.3, 0.4) is 0 Å². The van der Waals surface area contributed by atoms with Crippen LogP contribution in [0, 0.1) is 6.92 Å². The maximum atomic E-state index is 13.2. The van der Waals surface area contributed by atoms with Gasteiger partial charge in [0.2, 0.25) is 11.8 Å². The predicted octanol–water partition coefficient (Wildman–Crippen LogP) is 5.53. The van der Waals surface area contributed by atoms with Crippen molar-refractivity contribution in [2.45, 2.75) is 65.5 Å². The van der Waals surface area contributed by atoms with E-state index in [1.165, 1.54) is 0 Å². The number of hydrogen-bond donors (Lipinski definition) is 1. The van der Waals surface area contributed by atoms with E-state index in [4.69, 9.17) is 16.3 Å². The highest BCUT2D eigenvalue weighted by atomic mass is 35.5. The van der Waals surface area contributed by atoms with Crippen molar-refractivity contribution >= 4 is 23.4 Å². The van der Waals surface area contributed by atoms with Gasteiger partial charge < -0.3 is 15.0 Å². The van der Waals surface area contributed by atoms with Gasteiger partial charge in [0, 0.05) is 24.5 Å². The van der Waals surface area contributed by atoms with Crippen LogP contribution in [-0.4, -0.2) is 35.9 Å². The average molecular weight is 459 g/mol. The summed E-state index contributed by atoms with van der Waals surface area (Å²) in [4.78, 5) is 27.8. The molecule has 0 aliphatic carbocycles. The Bertz CT molecular complexity index is 854. The van der Waals surface area contributed by atoms with E-state index in [9.17, 15) is 9.59 Å². The van der Waals surface area contributed by atoms with E-state index < -0.39 is 6.04 Å². The SMILES string of the molecule is CCCCNC(=O)[C@H](CC)N(Cc1ccccc1C)C(=O)CCCOc1ccc(Cl)cc1. The molecule has 0 aliphatic rings. The molecule has 0 saturated carbocycles. The number of hydrogen-bond acceptors (Lipinski definition) is 3. The lowest BCUT2D eigenvalue weighted by molar-refractivity contribution is -0.141. The van der Waals surface area contributed by atoms with Crippen molar-refractivity contribution in [3.63, 3.8) is 0 Å². The van der Waals surface area contributed by atoms with Crippen molar-refractivity contribution in [2.24, 2.45) is 0 Å². The molecule has 0 saturated heterocycles. The van der Waals surface area contributed by atoms with Gasteiger partial charge in [-0.25, -0.2) is 0 Å². The molecular weight excluding hydrogens is 424 g/mol. The summed E-state index contributed by atoms with van der Waals surface area (Å²) in [5.74, 6) is 0.603. The van der Waals surface area contributed by atoms with Gasteiger partial charge in [-0.2, -0.15) is 0 Å². The first-order valence-corrected chi connectivity index (χ1v) is 11.8. The summed E-state index contributed by atoms with van der Waals surface area (Å²) in [6, 6.07) is 14.7. The van der Waals surface area contributed by atoms with Crippen LogP contribution in [0.5, 0.6) is 5.75 Å². The molecule has 0 spiro atoms. The Balaban J connectivity index is 2.04. The lowest BCUT2D eigenvalue weighted by Crippen LogP contribution is -2.49. The summed E-state index contributed by atoms with van der Waals surface area (Å²) in [6.45, 7) is 7.54. The highest BCUT2D eigenvalue weighted by Gasteiger charge is 2.28. The summed E-state index contributed by atoms with van der Waals surface area (Å²) >= 11 is 5.90. The van der Waals surface area contributed by atoms with Crippen LogP contribution in [0.15, 0.2) is 48.5 Å². The molecule has 0 unspecified atom stereocenters. The largest absolute Gasteiger partial charge is 0.494 e. The second kappa shape index (κ2) is 13.8. The number of halogens is 1. The number of nitrogens with zero attached hydrogens (tertiary/aromatic N) is 1. The van der Waals surface area contributed by atoms with E-state index in [2.05, 4.69) is 12.2 Å². The molecule has 2 aromatic carbocycles. The van der Waals surface area contributed by atoms with Gasteiger partial charge in [0.05, 0.1) is 6.61 Å². The van der Waals surface area contributed by atoms with Crippen molar-refractivity contribution in [1.82, 2.24) is 10.2 Å². The standard InChI is InChI=1S/C26H35ClN2O3/c1-4-6-17-28-26(31)24(5-2)29(19-21-11-8-7-10-20(21)3)25(30)12-9-18-32-23-15-13-22(27)14-16-23/h7-8,10-11,13-16,24H,4-6,9,12,17-19H2,1-3H3,(H,28,31)/t24-/m0/s1. The zero-order valence-corrected chi connectivity index (χ0v) is 20.2. The van der Waals surface area contributed by atoms with Gasteiger partial charge in [0.25, 0.3) is 0 Å². The first kappa shape index (κ1) is 25.7. The molecule has 1 atom stereocenters. The van der Waals surface area contributed by atoms with Crippen molar-refractivity contribution < 1.29 is 14.3 Å². The summed E-state index contributed by atoms with van der Waals surface area (Å²) in [7, 11) is 0. The highest BCUT2D eigenvalue weighted by Crippen LogP contribution is 2.18. The van der Waals surface area contributed by atoms with E-state index in [0.717, 1.165) is 29.7 Å². The summed E-state index contributed by atoms with van der Waals surface area (Å²) in [5.41, 5.74) is 2.16. The Morgan fingerprint density at radius 2 is 1.78 bits per heavy atom. The molecule has 6 heteroatoms. The molecule has 0 aliphatic heterocycles. The van der Waals surface area contributed by atoms with E-state index in [0.29, 0.717) is 44.0 Å². The molecule has 0 heterocycles. The predicted molar refractivity (Wildman–Crippen MR) is 130 cm³/mol. The minimum absolute atomic E-state index is 0.0366. The molecule has 174 valence electrons. The fraction of sp³-hybridized carbons (Fsp3) is 0.462. The summed E-state index contributed by atoms with van der Waals surface area (Å²) in [6.07, 6.45) is 3.39. The van der Waals surface area contributed by atoms with E-state index in [-0.39, 0.29) is 11.8 Å². The molecule has 1 N–H and O–H groups in total. The second-order valence-corrected chi connectivity index (χ2v) is 8.36. The minimum Gasteiger partial charge on any atom is -0.494 e. The zero-order chi connectivity index (χ0) is 23.3. The number of ether oxygens (including phenoxy) is 1. The van der Waals surface area contributed by atoms with Gasteiger partial charge >= 0.3 is 0 Å². The zero-order valence-electron chi connectivity index (χ0n) is 19.4. The Morgan fingerprint density at radius 1 is 1.06 bits per heavy atom. The minimum atomic E-state index is -0.490. The van der Waals surface area contributed by atoms with Crippen LogP contribution in [0.4, 0.5) is 0 Å².